The molecule has 128 valence electrons. The number of nitrogens with zero attached hydrogens (tertiary/aromatic N) is 4. The van der Waals surface area contributed by atoms with E-state index in [2.05, 4.69) is 24.7 Å². The molecule has 0 aliphatic carbocycles. The lowest BCUT2D eigenvalue weighted by Crippen LogP contribution is -2.25. The smallest absolute Gasteiger partial charge is 0.369 e. The Morgan fingerprint density at radius 1 is 1.38 bits per heavy atom. The second-order valence-corrected chi connectivity index (χ2v) is 11.4. The van der Waals surface area contributed by atoms with Gasteiger partial charge < -0.3 is 4.74 Å². The third-order valence-corrected chi connectivity index (χ3v) is 4.68. The van der Waals surface area contributed by atoms with Crippen LogP contribution in [0.15, 0.2) is 28.9 Å². The van der Waals surface area contributed by atoms with Gasteiger partial charge in [0.05, 0.1) is 17.2 Å². The highest BCUT2D eigenvalue weighted by Gasteiger charge is 2.18. The van der Waals surface area contributed by atoms with E-state index in [4.69, 9.17) is 9.39 Å². The van der Waals surface area contributed by atoms with Crippen molar-refractivity contribution in [1.29, 1.82) is 0 Å². The fraction of sp³-hybridized carbons (Fsp3) is 0.357. The van der Waals surface area contributed by atoms with Crippen molar-refractivity contribution in [3.63, 3.8) is 0 Å². The number of carbonyl (C=O) groups excluding carboxylic acids is 1. The zero-order valence-electron chi connectivity index (χ0n) is 13.8. The quantitative estimate of drug-likeness (QED) is 0.350. The molecule has 1 heterocycles. The van der Waals surface area contributed by atoms with Gasteiger partial charge in [0, 0.05) is 12.1 Å². The van der Waals surface area contributed by atoms with Crippen molar-refractivity contribution in [2.24, 2.45) is 4.66 Å². The molecule has 0 unspecified atom stereocenters. The summed E-state index contributed by atoms with van der Waals surface area (Å²) in [5, 5.41) is 15.3. The summed E-state index contributed by atoms with van der Waals surface area (Å²) < 4.78 is 11.2. The molecule has 8 nitrogen and oxygen atoms in total. The highest BCUT2D eigenvalue weighted by molar-refractivity contribution is 7.11. The topological polar surface area (TPSA) is 99.6 Å². The summed E-state index contributed by atoms with van der Waals surface area (Å²) in [4.78, 5) is 22.8. The normalized spacial score (nSPS) is 12.2. The summed E-state index contributed by atoms with van der Waals surface area (Å²) in [6.45, 7) is 8.19. The third kappa shape index (κ3) is 4.36. The van der Waals surface area contributed by atoms with Crippen molar-refractivity contribution in [3.8, 4) is 5.69 Å². The van der Waals surface area contributed by atoms with Gasteiger partial charge in [-0.3, -0.25) is 14.8 Å². The maximum Gasteiger partial charge on any atom is 0.369 e. The van der Waals surface area contributed by atoms with E-state index in [0.717, 1.165) is 11.3 Å². The number of rotatable bonds is 5. The van der Waals surface area contributed by atoms with E-state index >= 15 is 0 Å². The largest absolute Gasteiger partial charge is 0.461 e. The van der Waals surface area contributed by atoms with E-state index in [1.165, 1.54) is 16.8 Å². The summed E-state index contributed by atoms with van der Waals surface area (Å²) >= 11 is 1.15. The van der Waals surface area contributed by atoms with Crippen LogP contribution in [0.4, 0.5) is 5.69 Å². The molecule has 1 aromatic heterocycles. The van der Waals surface area contributed by atoms with Gasteiger partial charge in [-0.1, -0.05) is 11.3 Å². The molecule has 10 heteroatoms. The second kappa shape index (κ2) is 7.05. The lowest BCUT2D eigenvalue weighted by Gasteiger charge is -2.07. The zero-order chi connectivity index (χ0) is 17.9. The number of carbonyl (C=O) groups is 1. The number of ether oxygens (including phenoxy) is 1. The first-order chi connectivity index (χ1) is 11.2. The van der Waals surface area contributed by atoms with E-state index in [1.54, 1.807) is 19.1 Å². The first kappa shape index (κ1) is 18.0. The SMILES string of the molecule is CCOC(=O)c1nn(-c2ccc([N+](=O)[O-])cc2)c(=N[Si](C)(C)C)s1. The summed E-state index contributed by atoms with van der Waals surface area (Å²) in [5.74, 6) is -0.504. The maximum absolute atomic E-state index is 11.9. The van der Waals surface area contributed by atoms with Crippen LogP contribution < -0.4 is 4.80 Å². The van der Waals surface area contributed by atoms with E-state index in [0.29, 0.717) is 10.5 Å². The summed E-state index contributed by atoms with van der Waals surface area (Å²) in [6, 6.07) is 5.94. The minimum absolute atomic E-state index is 0.0103. The Morgan fingerprint density at radius 3 is 2.50 bits per heavy atom. The van der Waals surface area contributed by atoms with Crippen LogP contribution in [0.25, 0.3) is 5.69 Å². The van der Waals surface area contributed by atoms with E-state index in [-0.39, 0.29) is 17.3 Å². The second-order valence-electron chi connectivity index (χ2n) is 5.88. The van der Waals surface area contributed by atoms with Gasteiger partial charge in [-0.25, -0.2) is 9.48 Å². The molecule has 0 radical (unpaired) electrons. The number of nitro groups is 1. The average molecular weight is 366 g/mol. The van der Waals surface area contributed by atoms with Crippen LogP contribution in [-0.4, -0.2) is 35.5 Å². The zero-order valence-corrected chi connectivity index (χ0v) is 15.7. The number of hydrogen-bond acceptors (Lipinski definition) is 7. The number of hydrogen-bond donors (Lipinski definition) is 0. The number of esters is 1. The third-order valence-electron chi connectivity index (χ3n) is 2.75. The maximum atomic E-state index is 11.9. The fourth-order valence-corrected chi connectivity index (χ4v) is 4.14. The Kier molecular flexibility index (Phi) is 5.29. The molecule has 0 fully saturated rings. The van der Waals surface area contributed by atoms with Gasteiger partial charge in [0.25, 0.3) is 5.69 Å². The minimum Gasteiger partial charge on any atom is -0.461 e. The van der Waals surface area contributed by atoms with Crippen molar-refractivity contribution in [3.05, 3.63) is 44.2 Å². The molecule has 0 spiro atoms. The number of non-ortho nitro benzene ring substituents is 1. The fourth-order valence-electron chi connectivity index (χ4n) is 1.80. The molecule has 0 aliphatic heterocycles. The Bertz CT molecular complexity index is 821. The number of nitro benzene ring substituents is 1. The van der Waals surface area contributed by atoms with Gasteiger partial charge in [0.15, 0.2) is 13.0 Å². The monoisotopic (exact) mass is 366 g/mol. The van der Waals surface area contributed by atoms with Crippen LogP contribution in [0.2, 0.25) is 19.6 Å². The molecular weight excluding hydrogens is 348 g/mol. The van der Waals surface area contributed by atoms with E-state index < -0.39 is 19.1 Å². The lowest BCUT2D eigenvalue weighted by molar-refractivity contribution is -0.384. The summed E-state index contributed by atoms with van der Waals surface area (Å²) in [5.41, 5.74) is 0.591. The molecule has 0 aliphatic rings. The highest BCUT2D eigenvalue weighted by atomic mass is 32.1. The molecule has 24 heavy (non-hydrogen) atoms. The molecule has 0 saturated heterocycles. The van der Waals surface area contributed by atoms with Gasteiger partial charge in [0.1, 0.15) is 0 Å². The van der Waals surface area contributed by atoms with Crippen molar-refractivity contribution in [2.75, 3.05) is 6.61 Å². The molecule has 0 bridgehead atoms. The average Bonchev–Trinajstić information content (AvgIpc) is 2.89. The predicted octanol–water partition coefficient (Wildman–Crippen LogP) is 2.75. The van der Waals surface area contributed by atoms with Crippen molar-refractivity contribution in [1.82, 2.24) is 9.78 Å². The molecule has 0 saturated carbocycles. The molecule has 0 amide bonds. The number of aromatic nitrogens is 2. The van der Waals surface area contributed by atoms with Crippen LogP contribution >= 0.6 is 11.3 Å². The van der Waals surface area contributed by atoms with Gasteiger partial charge in [-0.05, 0) is 38.7 Å². The van der Waals surface area contributed by atoms with Crippen LogP contribution in [0, 0.1) is 10.1 Å². The number of benzene rings is 1. The molecular formula is C14H18N4O4SSi. The summed E-state index contributed by atoms with van der Waals surface area (Å²) in [7, 11) is -1.82. The molecule has 0 atom stereocenters. The van der Waals surface area contributed by atoms with Gasteiger partial charge in [-0.2, -0.15) is 0 Å². The Hall–Kier alpha value is -2.33. The van der Waals surface area contributed by atoms with Gasteiger partial charge in [0.2, 0.25) is 5.01 Å². The Balaban J connectivity index is 2.56. The minimum atomic E-state index is -1.82. The Morgan fingerprint density at radius 2 is 2.00 bits per heavy atom. The molecule has 2 aromatic rings. The lowest BCUT2D eigenvalue weighted by atomic mass is 10.3. The Labute approximate surface area is 143 Å². The molecule has 2 rings (SSSR count). The van der Waals surface area contributed by atoms with Gasteiger partial charge >= 0.3 is 5.97 Å². The first-order valence-electron chi connectivity index (χ1n) is 7.29. The van der Waals surface area contributed by atoms with Crippen molar-refractivity contribution >= 4 is 31.2 Å². The van der Waals surface area contributed by atoms with E-state index in [1.807, 2.05) is 0 Å². The van der Waals surface area contributed by atoms with Crippen LogP contribution in [-0.2, 0) is 4.74 Å². The van der Waals surface area contributed by atoms with Crippen LogP contribution in [0.1, 0.15) is 16.7 Å². The van der Waals surface area contributed by atoms with Crippen molar-refractivity contribution in [2.45, 2.75) is 26.6 Å². The van der Waals surface area contributed by atoms with Crippen LogP contribution in [0.5, 0.6) is 0 Å². The molecule has 1 aromatic carbocycles. The highest BCUT2D eigenvalue weighted by Crippen LogP contribution is 2.15. The van der Waals surface area contributed by atoms with Crippen molar-refractivity contribution < 1.29 is 14.5 Å². The van der Waals surface area contributed by atoms with E-state index in [9.17, 15) is 14.9 Å². The van der Waals surface area contributed by atoms with Gasteiger partial charge in [-0.15, -0.1) is 5.10 Å². The molecule has 0 N–H and O–H groups in total. The standard InChI is InChI=1S/C14H18N4O4SSi/c1-5-22-13(19)12-15-17(14(23-12)16-24(2,3)4)10-6-8-11(9-7-10)18(20)21/h6-9H,5H2,1-4H3. The predicted molar refractivity (Wildman–Crippen MR) is 93.0 cm³/mol. The first-order valence-corrected chi connectivity index (χ1v) is 11.6. The van der Waals surface area contributed by atoms with Crippen LogP contribution in [0.3, 0.4) is 0 Å². The summed E-state index contributed by atoms with van der Waals surface area (Å²) in [6.07, 6.45) is 0.